The molecule has 0 N–H and O–H groups in total. The second-order valence-electron chi connectivity index (χ2n) is 8.85. The highest BCUT2D eigenvalue weighted by molar-refractivity contribution is 7.15. The minimum Gasteiger partial charge on any atom is -0.454 e. The van der Waals surface area contributed by atoms with Crippen molar-refractivity contribution in [1.82, 2.24) is 14.0 Å². The minimum atomic E-state index is -0.598. The highest BCUT2D eigenvalue weighted by Gasteiger charge is 2.20. The third kappa shape index (κ3) is 4.22. The van der Waals surface area contributed by atoms with Crippen molar-refractivity contribution < 1.29 is 14.3 Å². The van der Waals surface area contributed by atoms with Crippen LogP contribution in [0.15, 0.2) is 45.4 Å². The van der Waals surface area contributed by atoms with Gasteiger partial charge in [-0.25, -0.2) is 4.98 Å². The monoisotopic (exact) mass is 495 g/mol. The average molecular weight is 496 g/mol. The molecule has 34 heavy (non-hydrogen) atoms. The normalized spacial score (nSPS) is 14.3. The van der Waals surface area contributed by atoms with Crippen molar-refractivity contribution in [2.45, 2.75) is 27.3 Å². The molecule has 10 heteroatoms. The molecule has 0 saturated heterocycles. The molecule has 5 rings (SSSR count). The summed E-state index contributed by atoms with van der Waals surface area (Å²) in [5.74, 6) is 1.18. The summed E-state index contributed by atoms with van der Waals surface area (Å²) in [6.07, 6.45) is 4.92. The highest BCUT2D eigenvalue weighted by atomic mass is 32.1. The van der Waals surface area contributed by atoms with E-state index in [1.165, 1.54) is 43.8 Å². The summed E-state index contributed by atoms with van der Waals surface area (Å²) in [5, 5.41) is 1.78. The summed E-state index contributed by atoms with van der Waals surface area (Å²) in [7, 11) is 0. The van der Waals surface area contributed by atoms with Gasteiger partial charge in [-0.1, -0.05) is 26.8 Å². The number of aromatic nitrogens is 3. The molecule has 0 fully saturated rings. The summed E-state index contributed by atoms with van der Waals surface area (Å²) in [6.45, 7) is 5.73. The van der Waals surface area contributed by atoms with E-state index in [0.717, 1.165) is 5.56 Å². The molecule has 1 aliphatic heterocycles. The van der Waals surface area contributed by atoms with Crippen molar-refractivity contribution in [3.63, 3.8) is 0 Å². The number of benzene rings is 1. The van der Waals surface area contributed by atoms with Crippen LogP contribution in [0.3, 0.4) is 0 Å². The molecule has 174 valence electrons. The van der Waals surface area contributed by atoms with Gasteiger partial charge in [0.25, 0.3) is 11.1 Å². The van der Waals surface area contributed by atoms with Gasteiger partial charge >= 0.3 is 0 Å². The summed E-state index contributed by atoms with van der Waals surface area (Å²) < 4.78 is 14.7. The van der Waals surface area contributed by atoms with Crippen molar-refractivity contribution in [1.29, 1.82) is 0 Å². The van der Waals surface area contributed by atoms with Gasteiger partial charge in [0.2, 0.25) is 6.79 Å². The van der Waals surface area contributed by atoms with Crippen LogP contribution in [0, 0.1) is 5.41 Å². The van der Waals surface area contributed by atoms with Crippen LogP contribution >= 0.6 is 22.7 Å². The molecule has 1 aliphatic rings. The molecule has 0 saturated carbocycles. The SMILES string of the molecule is CC(C)(C)C(=O)/C=c1\s/c(=C/c2ccc3c(c2)OCO3)c(=O)n1Cc1cc(=O)n2ccsc2n1. The van der Waals surface area contributed by atoms with Crippen LogP contribution in [0.2, 0.25) is 0 Å². The summed E-state index contributed by atoms with van der Waals surface area (Å²) >= 11 is 2.57. The van der Waals surface area contributed by atoms with Crippen LogP contribution in [0.4, 0.5) is 0 Å². The van der Waals surface area contributed by atoms with Crippen molar-refractivity contribution in [2.24, 2.45) is 5.41 Å². The molecular formula is C24H21N3O5S2. The predicted octanol–water partition coefficient (Wildman–Crippen LogP) is 1.98. The molecule has 0 atom stereocenters. The van der Waals surface area contributed by atoms with Crippen LogP contribution in [0.5, 0.6) is 11.5 Å². The maximum Gasteiger partial charge on any atom is 0.269 e. The fourth-order valence-corrected chi connectivity index (χ4v) is 5.19. The first-order chi connectivity index (χ1) is 16.2. The van der Waals surface area contributed by atoms with E-state index >= 15 is 0 Å². The van der Waals surface area contributed by atoms with Gasteiger partial charge in [0.1, 0.15) is 4.66 Å². The van der Waals surface area contributed by atoms with Gasteiger partial charge in [0.05, 0.1) is 16.8 Å². The Morgan fingerprint density at radius 2 is 1.97 bits per heavy atom. The van der Waals surface area contributed by atoms with Gasteiger partial charge in [0.15, 0.2) is 22.2 Å². The van der Waals surface area contributed by atoms with Gasteiger partial charge in [-0.05, 0) is 23.8 Å². The number of carbonyl (C=O) groups excluding carboxylic acids is 1. The maximum absolute atomic E-state index is 13.4. The van der Waals surface area contributed by atoms with Gasteiger partial charge in [0, 0.05) is 29.1 Å². The number of ketones is 1. The van der Waals surface area contributed by atoms with Crippen LogP contribution < -0.4 is 29.8 Å². The number of Topliss-reactive ketones (excluding diaryl/α,β-unsaturated/α-hetero) is 1. The molecule has 0 spiro atoms. The van der Waals surface area contributed by atoms with Gasteiger partial charge in [-0.15, -0.1) is 22.7 Å². The predicted molar refractivity (Wildman–Crippen MR) is 131 cm³/mol. The van der Waals surface area contributed by atoms with E-state index in [9.17, 15) is 14.4 Å². The lowest BCUT2D eigenvalue weighted by atomic mass is 9.91. The topological polar surface area (TPSA) is 91.9 Å². The number of carbonyl (C=O) groups is 1. The Balaban J connectivity index is 1.65. The van der Waals surface area contributed by atoms with Crippen LogP contribution in [-0.2, 0) is 11.3 Å². The highest BCUT2D eigenvalue weighted by Crippen LogP contribution is 2.32. The molecule has 0 aliphatic carbocycles. The fraction of sp³-hybridized carbons (Fsp3) is 0.250. The second-order valence-corrected chi connectivity index (χ2v) is 10.8. The number of rotatable bonds is 4. The first-order valence-corrected chi connectivity index (χ1v) is 12.2. The van der Waals surface area contributed by atoms with E-state index < -0.39 is 5.41 Å². The fourth-order valence-electron chi connectivity index (χ4n) is 3.41. The summed E-state index contributed by atoms with van der Waals surface area (Å²) in [5.41, 5.74) is 0.162. The Bertz CT molecular complexity index is 1670. The summed E-state index contributed by atoms with van der Waals surface area (Å²) in [6, 6.07) is 6.86. The Kier molecular flexibility index (Phi) is 5.49. The number of hydrogen-bond donors (Lipinski definition) is 0. The Morgan fingerprint density at radius 1 is 1.18 bits per heavy atom. The standard InChI is InChI=1S/C24H21N3O5S2/c1-24(2,3)19(28)11-21-27(12-15-10-20(29)26-6-7-33-23(26)25-15)22(30)18(34-21)9-14-4-5-16-17(8-14)32-13-31-16/h4-11H,12-13H2,1-3H3/b18-9+,21-11-. The van der Waals surface area contributed by atoms with E-state index in [1.54, 1.807) is 23.7 Å². The molecule has 4 heterocycles. The van der Waals surface area contributed by atoms with Crippen molar-refractivity contribution in [3.05, 3.63) is 77.0 Å². The van der Waals surface area contributed by atoms with E-state index in [2.05, 4.69) is 4.98 Å². The Morgan fingerprint density at radius 3 is 2.76 bits per heavy atom. The van der Waals surface area contributed by atoms with E-state index in [4.69, 9.17) is 9.47 Å². The van der Waals surface area contributed by atoms with Crippen molar-refractivity contribution in [3.8, 4) is 11.5 Å². The molecule has 0 amide bonds. The zero-order chi connectivity index (χ0) is 24.0. The molecule has 0 radical (unpaired) electrons. The van der Waals surface area contributed by atoms with Crippen molar-refractivity contribution in [2.75, 3.05) is 6.79 Å². The number of ether oxygens (including phenoxy) is 2. The molecule has 8 nitrogen and oxygen atoms in total. The molecule has 3 aromatic heterocycles. The number of thiazole rings is 2. The lowest BCUT2D eigenvalue weighted by molar-refractivity contribution is -0.120. The molecule has 0 bridgehead atoms. The van der Waals surface area contributed by atoms with Crippen LogP contribution in [0.1, 0.15) is 32.0 Å². The van der Waals surface area contributed by atoms with Gasteiger partial charge in [-0.2, -0.15) is 0 Å². The number of hydrogen-bond acceptors (Lipinski definition) is 8. The quantitative estimate of drug-likeness (QED) is 0.430. The zero-order valence-corrected chi connectivity index (χ0v) is 20.4. The second kappa shape index (κ2) is 8.37. The lowest BCUT2D eigenvalue weighted by Gasteiger charge is -2.12. The van der Waals surface area contributed by atoms with E-state index in [1.807, 2.05) is 32.9 Å². The smallest absolute Gasteiger partial charge is 0.269 e. The van der Waals surface area contributed by atoms with Crippen molar-refractivity contribution >= 4 is 45.6 Å². The molecule has 1 aromatic carbocycles. The maximum atomic E-state index is 13.4. The van der Waals surface area contributed by atoms with Crippen LogP contribution in [-0.4, -0.2) is 26.5 Å². The van der Waals surface area contributed by atoms with E-state index in [0.29, 0.717) is 31.3 Å². The largest absolute Gasteiger partial charge is 0.454 e. The number of nitrogens with zero attached hydrogens (tertiary/aromatic N) is 3. The third-order valence-corrected chi connectivity index (χ3v) is 7.12. The summed E-state index contributed by atoms with van der Waals surface area (Å²) in [4.78, 5) is 43.7. The third-order valence-electron chi connectivity index (χ3n) is 5.30. The first kappa shape index (κ1) is 22.3. The minimum absolute atomic E-state index is 0.0806. The Labute approximate surface area is 201 Å². The molecule has 0 unspecified atom stereocenters. The average Bonchev–Trinajstić information content (AvgIpc) is 3.49. The number of fused-ring (bicyclic) bond motifs is 2. The van der Waals surface area contributed by atoms with Gasteiger partial charge < -0.3 is 9.47 Å². The van der Waals surface area contributed by atoms with E-state index in [-0.39, 0.29) is 30.2 Å². The molecule has 4 aromatic rings. The van der Waals surface area contributed by atoms with Crippen LogP contribution in [0.25, 0.3) is 17.1 Å². The lowest BCUT2D eigenvalue weighted by Crippen LogP contribution is -2.33. The first-order valence-electron chi connectivity index (χ1n) is 10.5. The molecular weight excluding hydrogens is 474 g/mol. The van der Waals surface area contributed by atoms with Gasteiger partial charge in [-0.3, -0.25) is 23.4 Å². The zero-order valence-electron chi connectivity index (χ0n) is 18.7. The Hall–Kier alpha value is -3.50.